The van der Waals surface area contributed by atoms with Crippen molar-refractivity contribution in [1.29, 1.82) is 0 Å². The van der Waals surface area contributed by atoms with E-state index in [1.54, 1.807) is 0 Å². The first-order valence-corrected chi connectivity index (χ1v) is 9.00. The molecular formula is C15H22Si. The van der Waals surface area contributed by atoms with Crippen LogP contribution in [0.3, 0.4) is 0 Å². The van der Waals surface area contributed by atoms with Crippen molar-refractivity contribution in [3.8, 4) is 0 Å². The second-order valence-corrected chi connectivity index (χ2v) is 9.76. The van der Waals surface area contributed by atoms with Crippen molar-refractivity contribution in [2.45, 2.75) is 32.0 Å². The summed E-state index contributed by atoms with van der Waals surface area (Å²) < 4.78 is 0. The Balaban J connectivity index is 2.81. The van der Waals surface area contributed by atoms with Gasteiger partial charge in [0.15, 0.2) is 0 Å². The molecular weight excluding hydrogens is 208 g/mol. The highest BCUT2D eigenvalue weighted by molar-refractivity contribution is 6.91. The van der Waals surface area contributed by atoms with Crippen LogP contribution in [-0.4, -0.2) is 8.07 Å². The molecule has 0 bridgehead atoms. The molecule has 1 aromatic carbocycles. The molecule has 1 rings (SSSR count). The highest BCUT2D eigenvalue weighted by Crippen LogP contribution is 2.22. The van der Waals surface area contributed by atoms with Crippen LogP contribution in [0.1, 0.15) is 13.3 Å². The number of hydrogen-bond donors (Lipinski definition) is 0. The minimum Gasteiger partial charge on any atom is -0.103 e. The van der Waals surface area contributed by atoms with E-state index in [4.69, 9.17) is 0 Å². The molecule has 0 heterocycles. The molecule has 86 valence electrons. The van der Waals surface area contributed by atoms with Gasteiger partial charge in [-0.1, -0.05) is 73.8 Å². The van der Waals surface area contributed by atoms with Gasteiger partial charge in [0.05, 0.1) is 8.07 Å². The lowest BCUT2D eigenvalue weighted by molar-refractivity contribution is 1.12. The molecule has 0 saturated carbocycles. The highest BCUT2D eigenvalue weighted by Gasteiger charge is 2.28. The van der Waals surface area contributed by atoms with Crippen LogP contribution in [0.2, 0.25) is 18.6 Å². The van der Waals surface area contributed by atoms with E-state index in [-0.39, 0.29) is 0 Å². The standard InChI is InChI=1S/C15H22Si/c1-5-6-8-11-14(2)16(3,4)15-12-9-7-10-13-15/h5,7-14H,1,6H2,2-4H3/b11-8+/t14-/m0/s1. The summed E-state index contributed by atoms with van der Waals surface area (Å²) in [5, 5.41) is 1.53. The fourth-order valence-corrected chi connectivity index (χ4v) is 3.94. The summed E-state index contributed by atoms with van der Waals surface area (Å²) in [6, 6.07) is 10.9. The average Bonchev–Trinajstić information content (AvgIpc) is 2.30. The Bertz CT molecular complexity index is 349. The molecule has 0 aromatic heterocycles. The highest BCUT2D eigenvalue weighted by atomic mass is 28.3. The van der Waals surface area contributed by atoms with Crippen LogP contribution in [0.15, 0.2) is 55.1 Å². The van der Waals surface area contributed by atoms with Crippen molar-refractivity contribution < 1.29 is 0 Å². The number of benzene rings is 1. The first-order chi connectivity index (χ1) is 7.59. The van der Waals surface area contributed by atoms with Crippen molar-refractivity contribution in [1.82, 2.24) is 0 Å². The summed E-state index contributed by atoms with van der Waals surface area (Å²) in [4.78, 5) is 0. The van der Waals surface area contributed by atoms with Crippen molar-refractivity contribution in [2.75, 3.05) is 0 Å². The van der Waals surface area contributed by atoms with Gasteiger partial charge in [-0.3, -0.25) is 0 Å². The summed E-state index contributed by atoms with van der Waals surface area (Å²) in [5.74, 6) is 0. The topological polar surface area (TPSA) is 0 Å². The molecule has 1 atom stereocenters. The molecule has 0 aliphatic rings. The Labute approximate surface area is 101 Å². The van der Waals surface area contributed by atoms with Crippen LogP contribution in [0.4, 0.5) is 0 Å². The van der Waals surface area contributed by atoms with Crippen molar-refractivity contribution in [2.24, 2.45) is 0 Å². The van der Waals surface area contributed by atoms with Crippen LogP contribution in [0.25, 0.3) is 0 Å². The maximum absolute atomic E-state index is 3.74. The van der Waals surface area contributed by atoms with Crippen LogP contribution in [0, 0.1) is 0 Å². The quantitative estimate of drug-likeness (QED) is 0.527. The third-order valence-electron chi connectivity index (χ3n) is 3.38. The first-order valence-electron chi connectivity index (χ1n) is 5.92. The van der Waals surface area contributed by atoms with Crippen molar-refractivity contribution >= 4 is 13.3 Å². The van der Waals surface area contributed by atoms with Gasteiger partial charge in [0.2, 0.25) is 0 Å². The average molecular weight is 230 g/mol. The Kier molecular flexibility index (Phi) is 4.75. The number of hydrogen-bond acceptors (Lipinski definition) is 0. The lowest BCUT2D eigenvalue weighted by Gasteiger charge is -2.28. The monoisotopic (exact) mass is 230 g/mol. The molecule has 0 aliphatic heterocycles. The largest absolute Gasteiger partial charge is 0.103 e. The fourth-order valence-electron chi connectivity index (χ4n) is 1.75. The zero-order chi connectivity index (χ0) is 12.0. The van der Waals surface area contributed by atoms with Gasteiger partial charge in [-0.2, -0.15) is 0 Å². The lowest BCUT2D eigenvalue weighted by atomic mass is 10.3. The van der Waals surface area contributed by atoms with Gasteiger partial charge in [-0.15, -0.1) is 6.58 Å². The van der Waals surface area contributed by atoms with E-state index in [1.165, 1.54) is 5.19 Å². The molecule has 0 amide bonds. The molecule has 0 saturated heterocycles. The smallest absolute Gasteiger partial charge is 0.0871 e. The van der Waals surface area contributed by atoms with Gasteiger partial charge >= 0.3 is 0 Å². The lowest BCUT2D eigenvalue weighted by Crippen LogP contribution is -2.44. The van der Waals surface area contributed by atoms with E-state index >= 15 is 0 Å². The van der Waals surface area contributed by atoms with Gasteiger partial charge in [0, 0.05) is 0 Å². The van der Waals surface area contributed by atoms with Crippen molar-refractivity contribution in [3.05, 3.63) is 55.1 Å². The summed E-state index contributed by atoms with van der Waals surface area (Å²) in [6.07, 6.45) is 7.50. The van der Waals surface area contributed by atoms with Crippen LogP contribution in [0.5, 0.6) is 0 Å². The zero-order valence-electron chi connectivity index (χ0n) is 10.6. The molecule has 0 unspecified atom stereocenters. The summed E-state index contributed by atoms with van der Waals surface area (Å²) in [6.45, 7) is 10.9. The van der Waals surface area contributed by atoms with Gasteiger partial charge in [0.25, 0.3) is 0 Å². The molecule has 0 fully saturated rings. The molecule has 0 nitrogen and oxygen atoms in total. The molecule has 0 aliphatic carbocycles. The third kappa shape index (κ3) is 3.21. The number of allylic oxidation sites excluding steroid dienone is 3. The molecule has 1 aromatic rings. The third-order valence-corrected chi connectivity index (χ3v) is 7.67. The maximum atomic E-state index is 3.74. The van der Waals surface area contributed by atoms with Gasteiger partial charge < -0.3 is 0 Å². The predicted molar refractivity (Wildman–Crippen MR) is 76.9 cm³/mol. The molecule has 0 radical (unpaired) electrons. The molecule has 0 spiro atoms. The summed E-state index contributed by atoms with van der Waals surface area (Å²) >= 11 is 0. The minimum atomic E-state index is -1.35. The van der Waals surface area contributed by atoms with Crippen molar-refractivity contribution in [3.63, 3.8) is 0 Å². The SMILES string of the molecule is C=CC/C=C/[C@H](C)[Si](C)(C)c1ccccc1. The minimum absolute atomic E-state index is 0.662. The second kappa shape index (κ2) is 5.85. The number of rotatable bonds is 5. The Morgan fingerprint density at radius 3 is 2.44 bits per heavy atom. The fraction of sp³-hybridized carbons (Fsp3) is 0.333. The van der Waals surface area contributed by atoms with Crippen LogP contribution in [-0.2, 0) is 0 Å². The van der Waals surface area contributed by atoms with Gasteiger partial charge in [0.1, 0.15) is 0 Å². The predicted octanol–water partition coefficient (Wildman–Crippen LogP) is 4.12. The van der Waals surface area contributed by atoms with E-state index < -0.39 is 8.07 Å². The summed E-state index contributed by atoms with van der Waals surface area (Å²) in [7, 11) is -1.35. The molecule has 16 heavy (non-hydrogen) atoms. The van der Waals surface area contributed by atoms with Crippen LogP contribution >= 0.6 is 0 Å². The maximum Gasteiger partial charge on any atom is 0.0871 e. The molecule has 0 N–H and O–H groups in total. The van der Waals surface area contributed by atoms with Crippen LogP contribution < -0.4 is 5.19 Å². The van der Waals surface area contributed by atoms with E-state index in [0.29, 0.717) is 5.54 Å². The van der Waals surface area contributed by atoms with Gasteiger partial charge in [-0.05, 0) is 12.0 Å². The van der Waals surface area contributed by atoms with Gasteiger partial charge in [-0.25, -0.2) is 0 Å². The van der Waals surface area contributed by atoms with E-state index in [2.05, 4.69) is 69.1 Å². The summed E-state index contributed by atoms with van der Waals surface area (Å²) in [5.41, 5.74) is 0.662. The zero-order valence-corrected chi connectivity index (χ0v) is 11.6. The normalized spacial score (nSPS) is 13.9. The Hall–Kier alpha value is -1.08. The van der Waals surface area contributed by atoms with E-state index in [9.17, 15) is 0 Å². The first kappa shape index (κ1) is 13.0. The van der Waals surface area contributed by atoms with E-state index in [0.717, 1.165) is 6.42 Å². The Morgan fingerprint density at radius 1 is 1.25 bits per heavy atom. The second-order valence-electron chi connectivity index (χ2n) is 4.83. The molecule has 1 heteroatoms. The Morgan fingerprint density at radius 2 is 1.88 bits per heavy atom. The van der Waals surface area contributed by atoms with E-state index in [1.807, 2.05) is 6.08 Å².